The molecular weight excluding hydrogens is 346 g/mol. The minimum absolute atomic E-state index is 0.0615. The number of nitrogen functional groups attached to an aromatic ring is 1. The summed E-state index contributed by atoms with van der Waals surface area (Å²) in [6, 6.07) is 7.66. The van der Waals surface area contributed by atoms with Crippen molar-refractivity contribution in [2.75, 3.05) is 18.8 Å². The molecular formula is C19H21N5O3. The van der Waals surface area contributed by atoms with Gasteiger partial charge in [0.25, 0.3) is 0 Å². The van der Waals surface area contributed by atoms with Crippen LogP contribution in [0.25, 0.3) is 22.2 Å². The summed E-state index contributed by atoms with van der Waals surface area (Å²) in [4.78, 5) is 21.3. The number of hydrogen-bond donors (Lipinski definition) is 2. The van der Waals surface area contributed by atoms with E-state index in [1.165, 1.54) is 11.2 Å². The Balaban J connectivity index is 1.63. The second kappa shape index (κ2) is 6.79. The summed E-state index contributed by atoms with van der Waals surface area (Å²) in [5.74, 6) is 0.526. The van der Waals surface area contributed by atoms with E-state index in [0.717, 1.165) is 22.2 Å². The number of likely N-dealkylation sites (tertiary alicyclic amines) is 1. The third kappa shape index (κ3) is 3.25. The maximum atomic E-state index is 11.1. The van der Waals surface area contributed by atoms with E-state index in [9.17, 15) is 4.79 Å². The third-order valence-corrected chi connectivity index (χ3v) is 4.93. The predicted octanol–water partition coefficient (Wildman–Crippen LogP) is 2.74. The quantitative estimate of drug-likeness (QED) is 0.690. The van der Waals surface area contributed by atoms with Crippen molar-refractivity contribution in [1.82, 2.24) is 19.4 Å². The zero-order chi connectivity index (χ0) is 19.0. The molecule has 2 aromatic heterocycles. The first-order valence-electron chi connectivity index (χ1n) is 8.83. The molecule has 1 aliphatic heterocycles. The molecule has 8 nitrogen and oxygen atoms in total. The Labute approximate surface area is 156 Å². The van der Waals surface area contributed by atoms with E-state index < -0.39 is 6.09 Å². The van der Waals surface area contributed by atoms with Crippen molar-refractivity contribution >= 4 is 22.8 Å². The summed E-state index contributed by atoms with van der Waals surface area (Å²) in [5.41, 5.74) is 10.1. The molecule has 1 aromatic carbocycles. The van der Waals surface area contributed by atoms with Crippen LogP contribution in [0.2, 0.25) is 0 Å². The summed E-state index contributed by atoms with van der Waals surface area (Å²) < 4.78 is 8.10. The van der Waals surface area contributed by atoms with Gasteiger partial charge in [0.05, 0.1) is 0 Å². The normalized spacial score (nSPS) is 15.2. The monoisotopic (exact) mass is 367 g/mol. The van der Waals surface area contributed by atoms with E-state index in [4.69, 9.17) is 15.6 Å². The molecule has 0 spiro atoms. The van der Waals surface area contributed by atoms with Gasteiger partial charge in [-0.05, 0) is 17.7 Å². The molecule has 3 aromatic rings. The molecule has 140 valence electrons. The predicted molar refractivity (Wildman–Crippen MR) is 102 cm³/mol. The van der Waals surface area contributed by atoms with Crippen molar-refractivity contribution in [3.63, 3.8) is 0 Å². The lowest BCUT2D eigenvalue weighted by Crippen LogP contribution is -2.41. The number of carboxylic acid groups (broad SMARTS) is 1. The summed E-state index contributed by atoms with van der Waals surface area (Å²) in [6.07, 6.45) is 3.86. The maximum absolute atomic E-state index is 11.1. The van der Waals surface area contributed by atoms with E-state index in [2.05, 4.69) is 9.97 Å². The second-order valence-corrected chi connectivity index (χ2v) is 6.74. The van der Waals surface area contributed by atoms with E-state index in [-0.39, 0.29) is 6.10 Å². The van der Waals surface area contributed by atoms with Gasteiger partial charge in [-0.1, -0.05) is 12.1 Å². The molecule has 27 heavy (non-hydrogen) atoms. The smallest absolute Gasteiger partial charge is 0.407 e. The summed E-state index contributed by atoms with van der Waals surface area (Å²) in [5, 5.41) is 9.07. The summed E-state index contributed by atoms with van der Waals surface area (Å²) >= 11 is 0. The van der Waals surface area contributed by atoms with Gasteiger partial charge in [-0.15, -0.1) is 0 Å². The van der Waals surface area contributed by atoms with Crippen molar-refractivity contribution < 1.29 is 14.6 Å². The number of piperidine rings is 1. The van der Waals surface area contributed by atoms with Crippen molar-refractivity contribution in [3.8, 4) is 17.0 Å². The Morgan fingerprint density at radius 2 is 1.93 bits per heavy atom. The molecule has 0 aliphatic carbocycles. The minimum Gasteiger partial charge on any atom is -0.473 e. The number of rotatable bonds is 3. The minimum atomic E-state index is -0.881. The standard InChI is InChI=1S/C19H21N5O3/c1-23-10-15(12-2-4-13(20)5-3-12)16-17(23)18(22-11-21-16)27-14-6-8-24(9-7-14)19(25)26/h2-5,10-11,14H,6-9,20H2,1H3,(H,25,26). The van der Waals surface area contributed by atoms with Crippen LogP contribution in [-0.4, -0.2) is 49.8 Å². The zero-order valence-corrected chi connectivity index (χ0v) is 15.0. The van der Waals surface area contributed by atoms with E-state index in [1.807, 2.05) is 42.1 Å². The summed E-state index contributed by atoms with van der Waals surface area (Å²) in [7, 11) is 1.94. The number of aryl methyl sites for hydroxylation is 1. The molecule has 1 aliphatic rings. The first-order valence-corrected chi connectivity index (χ1v) is 8.83. The molecule has 0 saturated carbocycles. The molecule has 1 fully saturated rings. The highest BCUT2D eigenvalue weighted by Crippen LogP contribution is 2.33. The average molecular weight is 367 g/mol. The number of hydrogen-bond acceptors (Lipinski definition) is 5. The number of amides is 1. The van der Waals surface area contributed by atoms with Crippen LogP contribution < -0.4 is 10.5 Å². The molecule has 8 heteroatoms. The number of nitrogens with two attached hydrogens (primary N) is 1. The number of benzene rings is 1. The fourth-order valence-corrected chi connectivity index (χ4v) is 3.48. The first kappa shape index (κ1) is 17.1. The van der Waals surface area contributed by atoms with Gasteiger partial charge < -0.3 is 25.0 Å². The number of aromatic nitrogens is 3. The highest BCUT2D eigenvalue weighted by Gasteiger charge is 2.25. The highest BCUT2D eigenvalue weighted by atomic mass is 16.5. The number of ether oxygens (including phenoxy) is 1. The van der Waals surface area contributed by atoms with Gasteiger partial charge in [0.2, 0.25) is 5.88 Å². The van der Waals surface area contributed by atoms with Gasteiger partial charge in [-0.25, -0.2) is 9.78 Å². The fraction of sp³-hybridized carbons (Fsp3) is 0.316. The van der Waals surface area contributed by atoms with Gasteiger partial charge in [-0.3, -0.25) is 0 Å². The molecule has 0 atom stereocenters. The van der Waals surface area contributed by atoms with Gasteiger partial charge in [0.1, 0.15) is 23.5 Å². The number of nitrogens with zero attached hydrogens (tertiary/aromatic N) is 4. The van der Waals surface area contributed by atoms with Gasteiger partial charge in [-0.2, -0.15) is 4.98 Å². The topological polar surface area (TPSA) is 107 Å². The molecule has 0 bridgehead atoms. The first-order chi connectivity index (χ1) is 13.0. The molecule has 1 saturated heterocycles. The average Bonchev–Trinajstić information content (AvgIpc) is 3.01. The lowest BCUT2D eigenvalue weighted by atomic mass is 10.1. The Bertz CT molecular complexity index is 975. The largest absolute Gasteiger partial charge is 0.473 e. The number of anilines is 1. The lowest BCUT2D eigenvalue weighted by molar-refractivity contribution is 0.0877. The Hall–Kier alpha value is -3.29. The van der Waals surface area contributed by atoms with Crippen LogP contribution in [0.4, 0.5) is 10.5 Å². The molecule has 1 amide bonds. The number of carbonyl (C=O) groups is 1. The van der Waals surface area contributed by atoms with Crippen LogP contribution in [0.15, 0.2) is 36.8 Å². The molecule has 4 rings (SSSR count). The van der Waals surface area contributed by atoms with E-state index in [0.29, 0.717) is 37.5 Å². The highest BCUT2D eigenvalue weighted by molar-refractivity contribution is 5.95. The number of fused-ring (bicyclic) bond motifs is 1. The SMILES string of the molecule is Cn1cc(-c2ccc(N)cc2)c2ncnc(OC3CCN(C(=O)O)CC3)c21. The molecule has 0 radical (unpaired) electrons. The van der Waals surface area contributed by atoms with Crippen molar-refractivity contribution in [2.24, 2.45) is 7.05 Å². The Morgan fingerprint density at radius 1 is 1.22 bits per heavy atom. The Morgan fingerprint density at radius 3 is 2.59 bits per heavy atom. The lowest BCUT2D eigenvalue weighted by Gasteiger charge is -2.30. The molecule has 0 unspecified atom stereocenters. The van der Waals surface area contributed by atoms with Crippen LogP contribution in [0.3, 0.4) is 0 Å². The van der Waals surface area contributed by atoms with Crippen molar-refractivity contribution in [3.05, 3.63) is 36.8 Å². The van der Waals surface area contributed by atoms with Crippen molar-refractivity contribution in [2.45, 2.75) is 18.9 Å². The van der Waals surface area contributed by atoms with Crippen LogP contribution in [0, 0.1) is 0 Å². The van der Waals surface area contributed by atoms with Gasteiger partial charge in [0, 0.05) is 50.4 Å². The van der Waals surface area contributed by atoms with Crippen molar-refractivity contribution in [1.29, 1.82) is 0 Å². The van der Waals surface area contributed by atoms with Gasteiger partial charge in [0.15, 0.2) is 0 Å². The summed E-state index contributed by atoms with van der Waals surface area (Å²) in [6.45, 7) is 0.941. The molecule has 3 heterocycles. The van der Waals surface area contributed by atoms with Crippen LogP contribution in [-0.2, 0) is 7.05 Å². The fourth-order valence-electron chi connectivity index (χ4n) is 3.48. The third-order valence-electron chi connectivity index (χ3n) is 4.93. The zero-order valence-electron chi connectivity index (χ0n) is 15.0. The van der Waals surface area contributed by atoms with Crippen LogP contribution in [0.5, 0.6) is 5.88 Å². The van der Waals surface area contributed by atoms with E-state index >= 15 is 0 Å². The molecule has 3 N–H and O–H groups in total. The Kier molecular flexibility index (Phi) is 4.31. The van der Waals surface area contributed by atoms with E-state index in [1.54, 1.807) is 0 Å². The second-order valence-electron chi connectivity index (χ2n) is 6.74. The maximum Gasteiger partial charge on any atom is 0.407 e. The van der Waals surface area contributed by atoms with Crippen LogP contribution in [0.1, 0.15) is 12.8 Å². The van der Waals surface area contributed by atoms with Gasteiger partial charge >= 0.3 is 6.09 Å². The van der Waals surface area contributed by atoms with Crippen LogP contribution >= 0.6 is 0 Å².